The lowest BCUT2D eigenvalue weighted by atomic mass is 10.1. The highest BCUT2D eigenvalue weighted by Gasteiger charge is 2.14. The zero-order valence-electron chi connectivity index (χ0n) is 11.9. The van der Waals surface area contributed by atoms with E-state index in [9.17, 15) is 8.78 Å². The molecule has 106 valence electrons. The van der Waals surface area contributed by atoms with E-state index in [0.29, 0.717) is 17.7 Å². The molecule has 0 heterocycles. The molecule has 1 aromatic carbocycles. The summed E-state index contributed by atoms with van der Waals surface area (Å²) in [5.41, 5.74) is 1.15. The van der Waals surface area contributed by atoms with Gasteiger partial charge in [-0.15, -0.1) is 0 Å². The van der Waals surface area contributed by atoms with Crippen molar-refractivity contribution in [1.29, 1.82) is 0 Å². The Morgan fingerprint density at radius 2 is 1.79 bits per heavy atom. The van der Waals surface area contributed by atoms with Crippen molar-refractivity contribution in [3.05, 3.63) is 41.5 Å². The minimum atomic E-state index is -0.688. The molecular weight excluding hydrogens is 248 g/mol. The van der Waals surface area contributed by atoms with E-state index in [0.717, 1.165) is 0 Å². The van der Waals surface area contributed by atoms with Crippen LogP contribution in [0.3, 0.4) is 0 Å². The zero-order valence-corrected chi connectivity index (χ0v) is 11.9. The van der Waals surface area contributed by atoms with Crippen molar-refractivity contribution in [1.82, 2.24) is 5.32 Å². The zero-order chi connectivity index (χ0) is 14.6. The van der Waals surface area contributed by atoms with E-state index >= 15 is 0 Å². The molecule has 0 spiro atoms. The topological polar surface area (TPSA) is 21.3 Å². The first-order chi connectivity index (χ1) is 8.69. The molecule has 0 bridgehead atoms. The van der Waals surface area contributed by atoms with Gasteiger partial charge in [-0.3, -0.25) is 0 Å². The lowest BCUT2D eigenvalue weighted by Gasteiger charge is -2.20. The fraction of sp³-hybridized carbons (Fsp3) is 0.467. The molecule has 0 aromatic heterocycles. The summed E-state index contributed by atoms with van der Waals surface area (Å²) in [6.45, 7) is 11.8. The fourth-order valence-electron chi connectivity index (χ4n) is 1.41. The van der Waals surface area contributed by atoms with E-state index in [2.05, 4.69) is 11.9 Å². The average molecular weight is 269 g/mol. The molecule has 1 aromatic rings. The largest absolute Gasteiger partial charge is 0.483 e. The Labute approximate surface area is 113 Å². The Kier molecular flexibility index (Phi) is 5.06. The first-order valence-electron chi connectivity index (χ1n) is 6.19. The van der Waals surface area contributed by atoms with Gasteiger partial charge in [0.05, 0.1) is 0 Å². The highest BCUT2D eigenvalue weighted by molar-refractivity contribution is 5.31. The molecule has 0 atom stereocenters. The fourth-order valence-corrected chi connectivity index (χ4v) is 1.41. The van der Waals surface area contributed by atoms with Crippen LogP contribution in [-0.4, -0.2) is 12.1 Å². The first kappa shape index (κ1) is 15.6. The van der Waals surface area contributed by atoms with Crippen molar-refractivity contribution in [3.63, 3.8) is 0 Å². The quantitative estimate of drug-likeness (QED) is 0.821. The molecular formula is C15H21F2NO. The van der Waals surface area contributed by atoms with Gasteiger partial charge in [-0.25, -0.2) is 8.78 Å². The van der Waals surface area contributed by atoms with Crippen LogP contribution in [0.2, 0.25) is 0 Å². The summed E-state index contributed by atoms with van der Waals surface area (Å²) in [5, 5.41) is 3.17. The third-order valence-corrected chi connectivity index (χ3v) is 2.34. The number of hydrogen-bond acceptors (Lipinski definition) is 2. The second-order valence-corrected chi connectivity index (χ2v) is 5.74. The van der Waals surface area contributed by atoms with Gasteiger partial charge in [-0.1, -0.05) is 6.58 Å². The van der Waals surface area contributed by atoms with Gasteiger partial charge in [0.25, 0.3) is 0 Å². The van der Waals surface area contributed by atoms with Crippen LogP contribution < -0.4 is 10.1 Å². The molecule has 19 heavy (non-hydrogen) atoms. The number of rotatable bonds is 5. The summed E-state index contributed by atoms with van der Waals surface area (Å²) >= 11 is 0. The van der Waals surface area contributed by atoms with E-state index in [4.69, 9.17) is 4.74 Å². The molecule has 0 aliphatic rings. The minimum absolute atomic E-state index is 0.105. The highest BCUT2D eigenvalue weighted by atomic mass is 19.1. The van der Waals surface area contributed by atoms with Crippen LogP contribution in [0, 0.1) is 11.6 Å². The second kappa shape index (κ2) is 6.15. The normalized spacial score (nSPS) is 11.5. The number of halogens is 2. The van der Waals surface area contributed by atoms with Gasteiger partial charge >= 0.3 is 0 Å². The summed E-state index contributed by atoms with van der Waals surface area (Å²) in [4.78, 5) is 0. The van der Waals surface area contributed by atoms with E-state index < -0.39 is 11.6 Å². The van der Waals surface area contributed by atoms with Gasteiger partial charge in [-0.05, 0) is 51.0 Å². The van der Waals surface area contributed by atoms with Gasteiger partial charge in [-0.2, -0.15) is 0 Å². The lowest BCUT2D eigenvalue weighted by molar-refractivity contribution is 0.312. The monoisotopic (exact) mass is 269 g/mol. The van der Waals surface area contributed by atoms with Crippen LogP contribution in [0.5, 0.6) is 5.75 Å². The maximum atomic E-state index is 13.8. The van der Waals surface area contributed by atoms with Crippen LogP contribution in [0.15, 0.2) is 24.3 Å². The van der Waals surface area contributed by atoms with Crippen LogP contribution >= 0.6 is 0 Å². The predicted octanol–water partition coefficient (Wildman–Crippen LogP) is 3.81. The van der Waals surface area contributed by atoms with Crippen molar-refractivity contribution in [2.75, 3.05) is 6.61 Å². The summed E-state index contributed by atoms with van der Waals surface area (Å²) in [7, 11) is 0. The Morgan fingerprint density at radius 3 is 2.21 bits per heavy atom. The van der Waals surface area contributed by atoms with Crippen molar-refractivity contribution in [2.45, 2.75) is 39.8 Å². The smallest absolute Gasteiger partial charge is 0.191 e. The van der Waals surface area contributed by atoms with E-state index in [-0.39, 0.29) is 17.9 Å². The molecule has 0 saturated heterocycles. The summed E-state index contributed by atoms with van der Waals surface area (Å²) in [6.07, 6.45) is 0. The molecule has 0 unspecified atom stereocenters. The van der Waals surface area contributed by atoms with Gasteiger partial charge in [0, 0.05) is 12.1 Å². The summed E-state index contributed by atoms with van der Waals surface area (Å²) in [5.74, 6) is -1.72. The Bertz CT molecular complexity index is 441. The minimum Gasteiger partial charge on any atom is -0.483 e. The van der Waals surface area contributed by atoms with Crippen LogP contribution in [0.25, 0.3) is 0 Å². The van der Waals surface area contributed by atoms with E-state index in [1.807, 2.05) is 20.8 Å². The molecule has 1 rings (SSSR count). The molecule has 0 amide bonds. The van der Waals surface area contributed by atoms with Crippen LogP contribution in [-0.2, 0) is 6.54 Å². The van der Waals surface area contributed by atoms with Gasteiger partial charge in [0.1, 0.15) is 6.61 Å². The third-order valence-electron chi connectivity index (χ3n) is 2.34. The number of ether oxygens (including phenoxy) is 1. The van der Waals surface area contributed by atoms with Crippen molar-refractivity contribution >= 4 is 0 Å². The van der Waals surface area contributed by atoms with Gasteiger partial charge in [0.15, 0.2) is 17.4 Å². The van der Waals surface area contributed by atoms with Gasteiger partial charge < -0.3 is 10.1 Å². The Hall–Kier alpha value is -1.42. The molecule has 0 saturated carbocycles. The molecule has 0 aliphatic heterocycles. The first-order valence-corrected chi connectivity index (χ1v) is 6.19. The molecule has 0 radical (unpaired) electrons. The molecule has 0 aliphatic carbocycles. The SMILES string of the molecule is C=C(C)COc1c(F)cc(CNC(C)(C)C)cc1F. The Balaban J connectivity index is 2.81. The second-order valence-electron chi connectivity index (χ2n) is 5.74. The molecule has 0 fully saturated rings. The number of nitrogens with one attached hydrogen (secondary N) is 1. The van der Waals surface area contributed by atoms with Crippen molar-refractivity contribution < 1.29 is 13.5 Å². The van der Waals surface area contributed by atoms with E-state index in [1.165, 1.54) is 12.1 Å². The van der Waals surface area contributed by atoms with E-state index in [1.54, 1.807) is 6.92 Å². The standard InChI is InChI=1S/C15H21F2NO/c1-10(2)9-19-14-12(16)6-11(7-13(14)17)8-18-15(3,4)5/h6-7,18H,1,8-9H2,2-5H3. The average Bonchev–Trinajstić information content (AvgIpc) is 2.23. The predicted molar refractivity (Wildman–Crippen MR) is 73.3 cm³/mol. The molecule has 4 heteroatoms. The molecule has 2 nitrogen and oxygen atoms in total. The maximum absolute atomic E-state index is 13.8. The number of benzene rings is 1. The maximum Gasteiger partial charge on any atom is 0.191 e. The van der Waals surface area contributed by atoms with Gasteiger partial charge in [0.2, 0.25) is 0 Å². The van der Waals surface area contributed by atoms with Crippen molar-refractivity contribution in [2.24, 2.45) is 0 Å². The number of hydrogen-bond donors (Lipinski definition) is 1. The van der Waals surface area contributed by atoms with Crippen LogP contribution in [0.4, 0.5) is 8.78 Å². The van der Waals surface area contributed by atoms with Crippen molar-refractivity contribution in [3.8, 4) is 5.75 Å². The molecule has 1 N–H and O–H groups in total. The summed E-state index contributed by atoms with van der Waals surface area (Å²) in [6, 6.07) is 2.57. The Morgan fingerprint density at radius 1 is 1.26 bits per heavy atom. The lowest BCUT2D eigenvalue weighted by Crippen LogP contribution is -2.35. The highest BCUT2D eigenvalue weighted by Crippen LogP contribution is 2.24. The van der Waals surface area contributed by atoms with Crippen LogP contribution in [0.1, 0.15) is 33.3 Å². The summed E-state index contributed by atoms with van der Waals surface area (Å²) < 4.78 is 32.6. The third kappa shape index (κ3) is 5.39.